The molecule has 122 valence electrons. The topological polar surface area (TPSA) is 85.8 Å². The molecule has 0 aliphatic heterocycles. The number of benzene rings is 1. The maximum atomic E-state index is 13.7. The monoisotopic (exact) mass is 345 g/mol. The van der Waals surface area contributed by atoms with E-state index < -0.39 is 5.91 Å². The smallest absolute Gasteiger partial charge is 0.262 e. The number of pyridine rings is 1. The third kappa shape index (κ3) is 2.93. The number of hydrogen-bond acceptors (Lipinski definition) is 4. The van der Waals surface area contributed by atoms with E-state index in [0.717, 1.165) is 0 Å². The summed E-state index contributed by atoms with van der Waals surface area (Å²) >= 11 is 5.75. The molecule has 0 aliphatic rings. The van der Waals surface area contributed by atoms with Gasteiger partial charge in [0.1, 0.15) is 23.0 Å². The average molecular weight is 346 g/mol. The first-order valence-electron chi connectivity index (χ1n) is 6.99. The molecule has 1 amide bonds. The predicted molar refractivity (Wildman–Crippen MR) is 89.9 cm³/mol. The van der Waals surface area contributed by atoms with E-state index in [1.165, 1.54) is 23.1 Å². The Kier molecular flexibility index (Phi) is 4.18. The van der Waals surface area contributed by atoms with Crippen LogP contribution < -0.4 is 11.1 Å². The number of anilines is 2. The molecule has 0 atom stereocenters. The number of nitrogen functional groups attached to an aromatic ring is 1. The molecule has 0 radical (unpaired) electrons. The average Bonchev–Trinajstić information content (AvgIpc) is 2.94. The quantitative estimate of drug-likeness (QED) is 0.763. The summed E-state index contributed by atoms with van der Waals surface area (Å²) in [5.41, 5.74) is 7.03. The van der Waals surface area contributed by atoms with Crippen molar-refractivity contribution < 1.29 is 9.18 Å². The van der Waals surface area contributed by atoms with Crippen molar-refractivity contribution in [2.24, 2.45) is 0 Å². The summed E-state index contributed by atoms with van der Waals surface area (Å²) < 4.78 is 15.0. The molecule has 2 aromatic heterocycles. The number of carbonyl (C=O) groups is 1. The highest BCUT2D eigenvalue weighted by molar-refractivity contribution is 6.30. The normalized spacial score (nSPS) is 10.6. The Labute approximate surface area is 142 Å². The Balaban J connectivity index is 1.91. The van der Waals surface area contributed by atoms with Crippen LogP contribution in [-0.4, -0.2) is 20.7 Å². The maximum Gasteiger partial charge on any atom is 0.262 e. The van der Waals surface area contributed by atoms with Crippen LogP contribution in [0.5, 0.6) is 0 Å². The molecule has 3 rings (SSSR count). The Morgan fingerprint density at radius 3 is 2.79 bits per heavy atom. The molecule has 0 saturated carbocycles. The Bertz CT molecular complexity index is 907. The van der Waals surface area contributed by atoms with E-state index in [2.05, 4.69) is 15.4 Å². The molecular weight excluding hydrogens is 333 g/mol. The van der Waals surface area contributed by atoms with Gasteiger partial charge in [-0.2, -0.15) is 5.10 Å². The molecule has 0 fully saturated rings. The summed E-state index contributed by atoms with van der Waals surface area (Å²) in [6, 6.07) is 7.74. The lowest BCUT2D eigenvalue weighted by atomic mass is 10.2. The molecule has 8 heteroatoms. The zero-order chi connectivity index (χ0) is 17.3. The van der Waals surface area contributed by atoms with Crippen LogP contribution in [0.3, 0.4) is 0 Å². The van der Waals surface area contributed by atoms with Gasteiger partial charge in [-0.05, 0) is 31.2 Å². The van der Waals surface area contributed by atoms with Gasteiger partial charge in [0.25, 0.3) is 5.91 Å². The summed E-state index contributed by atoms with van der Waals surface area (Å²) in [7, 11) is 0. The highest BCUT2D eigenvalue weighted by Crippen LogP contribution is 2.22. The number of nitrogens with zero attached hydrogens (tertiary/aromatic N) is 3. The van der Waals surface area contributed by atoms with Crippen LogP contribution in [0.2, 0.25) is 5.02 Å². The minimum absolute atomic E-state index is 0.107. The van der Waals surface area contributed by atoms with Crippen LogP contribution in [0.15, 0.2) is 42.7 Å². The van der Waals surface area contributed by atoms with Crippen molar-refractivity contribution >= 4 is 29.1 Å². The van der Waals surface area contributed by atoms with Crippen molar-refractivity contribution in [1.29, 1.82) is 0 Å². The molecule has 0 bridgehead atoms. The minimum atomic E-state index is -0.470. The molecule has 24 heavy (non-hydrogen) atoms. The van der Waals surface area contributed by atoms with E-state index in [1.807, 2.05) is 0 Å². The van der Waals surface area contributed by atoms with Gasteiger partial charge in [0.15, 0.2) is 0 Å². The largest absolute Gasteiger partial charge is 0.383 e. The zero-order valence-electron chi connectivity index (χ0n) is 12.6. The van der Waals surface area contributed by atoms with Crippen LogP contribution in [0, 0.1) is 12.7 Å². The van der Waals surface area contributed by atoms with Crippen molar-refractivity contribution in [2.45, 2.75) is 6.92 Å². The van der Waals surface area contributed by atoms with Gasteiger partial charge in [0.2, 0.25) is 0 Å². The second-order valence-corrected chi connectivity index (χ2v) is 5.49. The number of carbonyl (C=O) groups excluding carboxylic acids is 1. The lowest BCUT2D eigenvalue weighted by molar-refractivity contribution is 0.102. The lowest BCUT2D eigenvalue weighted by Gasteiger charge is -2.09. The molecule has 0 aliphatic carbocycles. The standard InChI is InChI=1S/C16H13ClFN5O/c1-9-12(18)3-2-4-13(9)23-15(19)11(8-21-23)16(24)22-14-6-5-10(17)7-20-14/h2-8H,19H2,1H3,(H,20,22,24). The Morgan fingerprint density at radius 1 is 1.29 bits per heavy atom. The first-order chi connectivity index (χ1) is 11.5. The second kappa shape index (κ2) is 6.29. The zero-order valence-corrected chi connectivity index (χ0v) is 13.4. The lowest BCUT2D eigenvalue weighted by Crippen LogP contribution is -2.15. The summed E-state index contributed by atoms with van der Waals surface area (Å²) in [6.45, 7) is 1.61. The molecule has 0 spiro atoms. The minimum Gasteiger partial charge on any atom is -0.383 e. The van der Waals surface area contributed by atoms with Gasteiger partial charge in [-0.1, -0.05) is 17.7 Å². The number of halogens is 2. The van der Waals surface area contributed by atoms with Crippen molar-refractivity contribution in [3.05, 3.63) is 64.7 Å². The second-order valence-electron chi connectivity index (χ2n) is 5.06. The highest BCUT2D eigenvalue weighted by atomic mass is 35.5. The fraction of sp³-hybridized carbons (Fsp3) is 0.0625. The third-order valence-electron chi connectivity index (χ3n) is 3.49. The van der Waals surface area contributed by atoms with E-state index >= 15 is 0 Å². The fourth-order valence-corrected chi connectivity index (χ4v) is 2.30. The van der Waals surface area contributed by atoms with Crippen molar-refractivity contribution in [3.63, 3.8) is 0 Å². The molecular formula is C16H13ClFN5O. The molecule has 0 saturated heterocycles. The van der Waals surface area contributed by atoms with E-state index in [0.29, 0.717) is 22.1 Å². The molecule has 2 heterocycles. The summed E-state index contributed by atoms with van der Waals surface area (Å²) in [6.07, 6.45) is 2.74. The van der Waals surface area contributed by atoms with Gasteiger partial charge < -0.3 is 11.1 Å². The van der Waals surface area contributed by atoms with E-state index in [-0.39, 0.29) is 17.2 Å². The van der Waals surface area contributed by atoms with E-state index in [4.69, 9.17) is 17.3 Å². The van der Waals surface area contributed by atoms with Crippen LogP contribution in [0.25, 0.3) is 5.69 Å². The van der Waals surface area contributed by atoms with Gasteiger partial charge in [-0.15, -0.1) is 0 Å². The van der Waals surface area contributed by atoms with Crippen molar-refractivity contribution in [2.75, 3.05) is 11.1 Å². The number of aromatic nitrogens is 3. The molecule has 0 unspecified atom stereocenters. The van der Waals surface area contributed by atoms with E-state index in [1.54, 1.807) is 31.2 Å². The number of amides is 1. The summed E-state index contributed by atoms with van der Waals surface area (Å²) in [4.78, 5) is 16.3. The van der Waals surface area contributed by atoms with Crippen LogP contribution in [-0.2, 0) is 0 Å². The van der Waals surface area contributed by atoms with Gasteiger partial charge in [0.05, 0.1) is 16.9 Å². The maximum absolute atomic E-state index is 13.7. The summed E-state index contributed by atoms with van der Waals surface area (Å²) in [5.74, 6) is -0.407. The molecule has 1 aromatic carbocycles. The molecule has 3 aromatic rings. The number of nitrogens with one attached hydrogen (secondary N) is 1. The van der Waals surface area contributed by atoms with Crippen LogP contribution in [0.4, 0.5) is 16.0 Å². The van der Waals surface area contributed by atoms with Gasteiger partial charge in [-0.3, -0.25) is 4.79 Å². The van der Waals surface area contributed by atoms with E-state index in [9.17, 15) is 9.18 Å². The van der Waals surface area contributed by atoms with Gasteiger partial charge in [-0.25, -0.2) is 14.1 Å². The molecule has 6 nitrogen and oxygen atoms in total. The Hall–Kier alpha value is -2.93. The van der Waals surface area contributed by atoms with Gasteiger partial charge >= 0.3 is 0 Å². The Morgan fingerprint density at radius 2 is 2.08 bits per heavy atom. The fourth-order valence-electron chi connectivity index (χ4n) is 2.18. The first-order valence-corrected chi connectivity index (χ1v) is 7.37. The van der Waals surface area contributed by atoms with Gasteiger partial charge in [0, 0.05) is 11.8 Å². The van der Waals surface area contributed by atoms with Crippen LogP contribution in [0.1, 0.15) is 15.9 Å². The number of nitrogens with two attached hydrogens (primary N) is 1. The third-order valence-corrected chi connectivity index (χ3v) is 3.71. The number of hydrogen-bond donors (Lipinski definition) is 2. The number of rotatable bonds is 3. The summed E-state index contributed by atoms with van der Waals surface area (Å²) in [5, 5.41) is 7.15. The SMILES string of the molecule is Cc1c(F)cccc1-n1ncc(C(=O)Nc2ccc(Cl)cn2)c1N. The predicted octanol–water partition coefficient (Wildman–Crippen LogP) is 3.20. The van der Waals surface area contributed by atoms with Crippen molar-refractivity contribution in [3.8, 4) is 5.69 Å². The highest BCUT2D eigenvalue weighted by Gasteiger charge is 2.18. The van der Waals surface area contributed by atoms with Crippen molar-refractivity contribution in [1.82, 2.24) is 14.8 Å². The first kappa shape index (κ1) is 15.9. The van der Waals surface area contributed by atoms with Crippen LogP contribution >= 0.6 is 11.6 Å². The molecule has 3 N–H and O–H groups in total.